The van der Waals surface area contributed by atoms with Gasteiger partial charge in [-0.1, -0.05) is 36.6 Å². The molecule has 1 aromatic rings. The predicted octanol–water partition coefficient (Wildman–Crippen LogP) is 4.07. The second-order valence-electron chi connectivity index (χ2n) is 5.20. The molecule has 88 valence electrons. The Labute approximate surface area is 103 Å². The molecule has 0 heterocycles. The lowest BCUT2D eigenvalue weighted by molar-refractivity contribution is 0.363. The predicted molar refractivity (Wildman–Crippen MR) is 69.9 cm³/mol. The van der Waals surface area contributed by atoms with E-state index in [9.17, 15) is 0 Å². The van der Waals surface area contributed by atoms with E-state index in [1.54, 1.807) is 0 Å². The van der Waals surface area contributed by atoms with Gasteiger partial charge in [-0.2, -0.15) is 0 Å². The van der Waals surface area contributed by atoms with Crippen molar-refractivity contribution in [2.24, 2.45) is 0 Å². The van der Waals surface area contributed by atoms with Crippen molar-refractivity contribution in [1.82, 2.24) is 5.32 Å². The SMILES string of the molecule is Cc1ccc(CNC2(C)CCCC2)cc1Cl. The molecule has 1 nitrogen and oxygen atoms in total. The maximum absolute atomic E-state index is 6.12. The molecule has 1 saturated carbocycles. The van der Waals surface area contributed by atoms with Crippen LogP contribution in [0.5, 0.6) is 0 Å². The molecular weight excluding hydrogens is 218 g/mol. The zero-order valence-electron chi connectivity index (χ0n) is 10.1. The van der Waals surface area contributed by atoms with Gasteiger partial charge in [0, 0.05) is 17.1 Å². The molecule has 0 bridgehead atoms. The molecule has 2 heteroatoms. The topological polar surface area (TPSA) is 12.0 Å². The van der Waals surface area contributed by atoms with Crippen LogP contribution in [0.4, 0.5) is 0 Å². The Morgan fingerprint density at radius 1 is 1.31 bits per heavy atom. The number of rotatable bonds is 3. The Morgan fingerprint density at radius 3 is 2.62 bits per heavy atom. The highest BCUT2D eigenvalue weighted by Crippen LogP contribution is 2.29. The number of nitrogens with one attached hydrogen (secondary N) is 1. The molecular formula is C14H20ClN. The summed E-state index contributed by atoms with van der Waals surface area (Å²) in [6.45, 7) is 5.30. The first-order valence-corrected chi connectivity index (χ1v) is 6.47. The first-order chi connectivity index (χ1) is 7.59. The third kappa shape index (κ3) is 2.78. The van der Waals surface area contributed by atoms with Crippen molar-refractivity contribution in [2.45, 2.75) is 51.6 Å². The zero-order valence-corrected chi connectivity index (χ0v) is 10.9. The summed E-state index contributed by atoms with van der Waals surface area (Å²) in [5.74, 6) is 0. The van der Waals surface area contributed by atoms with E-state index in [4.69, 9.17) is 11.6 Å². The molecule has 16 heavy (non-hydrogen) atoms. The number of benzene rings is 1. The summed E-state index contributed by atoms with van der Waals surface area (Å²) in [4.78, 5) is 0. The smallest absolute Gasteiger partial charge is 0.0438 e. The highest BCUT2D eigenvalue weighted by atomic mass is 35.5. The Kier molecular flexibility index (Phi) is 3.56. The van der Waals surface area contributed by atoms with Crippen molar-refractivity contribution in [3.05, 3.63) is 34.3 Å². The molecule has 0 aromatic heterocycles. The molecule has 1 aliphatic carbocycles. The number of aryl methyl sites for hydroxylation is 1. The molecule has 0 unspecified atom stereocenters. The highest BCUT2D eigenvalue weighted by molar-refractivity contribution is 6.31. The summed E-state index contributed by atoms with van der Waals surface area (Å²) < 4.78 is 0. The van der Waals surface area contributed by atoms with E-state index in [0.29, 0.717) is 5.54 Å². The lowest BCUT2D eigenvalue weighted by atomic mass is 10.0. The maximum Gasteiger partial charge on any atom is 0.0438 e. The number of hydrogen-bond donors (Lipinski definition) is 1. The van der Waals surface area contributed by atoms with Crippen molar-refractivity contribution in [3.8, 4) is 0 Å². The van der Waals surface area contributed by atoms with Gasteiger partial charge in [0.15, 0.2) is 0 Å². The van der Waals surface area contributed by atoms with Crippen LogP contribution in [0.15, 0.2) is 18.2 Å². The Hall–Kier alpha value is -0.530. The monoisotopic (exact) mass is 237 g/mol. The highest BCUT2D eigenvalue weighted by Gasteiger charge is 2.27. The molecule has 0 radical (unpaired) electrons. The Balaban J connectivity index is 1.96. The summed E-state index contributed by atoms with van der Waals surface area (Å²) in [5.41, 5.74) is 2.78. The molecule has 1 aromatic carbocycles. The van der Waals surface area contributed by atoms with E-state index in [1.807, 2.05) is 6.92 Å². The van der Waals surface area contributed by atoms with Gasteiger partial charge in [-0.05, 0) is 43.9 Å². The van der Waals surface area contributed by atoms with Gasteiger partial charge in [0.1, 0.15) is 0 Å². The van der Waals surface area contributed by atoms with Crippen LogP contribution in [0.1, 0.15) is 43.7 Å². The van der Waals surface area contributed by atoms with Crippen molar-refractivity contribution in [3.63, 3.8) is 0 Å². The van der Waals surface area contributed by atoms with Crippen LogP contribution in [0.25, 0.3) is 0 Å². The quantitative estimate of drug-likeness (QED) is 0.836. The molecule has 2 rings (SSSR count). The molecule has 0 spiro atoms. The minimum Gasteiger partial charge on any atom is -0.307 e. The minimum atomic E-state index is 0.345. The second kappa shape index (κ2) is 4.77. The minimum absolute atomic E-state index is 0.345. The van der Waals surface area contributed by atoms with Gasteiger partial charge in [0.25, 0.3) is 0 Å². The summed E-state index contributed by atoms with van der Waals surface area (Å²) in [5, 5.41) is 4.53. The van der Waals surface area contributed by atoms with E-state index < -0.39 is 0 Å². The number of halogens is 1. The van der Waals surface area contributed by atoms with Gasteiger partial charge in [0.05, 0.1) is 0 Å². The largest absolute Gasteiger partial charge is 0.307 e. The molecule has 1 N–H and O–H groups in total. The molecule has 0 atom stereocenters. The van der Waals surface area contributed by atoms with Crippen molar-refractivity contribution in [2.75, 3.05) is 0 Å². The van der Waals surface area contributed by atoms with Gasteiger partial charge >= 0.3 is 0 Å². The first kappa shape index (κ1) is 11.9. The maximum atomic E-state index is 6.12. The van der Waals surface area contributed by atoms with Crippen LogP contribution in [-0.4, -0.2) is 5.54 Å². The van der Waals surface area contributed by atoms with E-state index in [-0.39, 0.29) is 0 Å². The normalized spacial score (nSPS) is 18.9. The average Bonchev–Trinajstić information content (AvgIpc) is 2.68. The van der Waals surface area contributed by atoms with E-state index in [1.165, 1.54) is 31.2 Å². The van der Waals surface area contributed by atoms with Crippen LogP contribution < -0.4 is 5.32 Å². The molecule has 0 saturated heterocycles. The van der Waals surface area contributed by atoms with E-state index in [0.717, 1.165) is 17.1 Å². The van der Waals surface area contributed by atoms with Crippen LogP contribution in [0.3, 0.4) is 0 Å². The van der Waals surface area contributed by atoms with Gasteiger partial charge < -0.3 is 5.32 Å². The van der Waals surface area contributed by atoms with Crippen molar-refractivity contribution >= 4 is 11.6 Å². The zero-order chi connectivity index (χ0) is 11.6. The fourth-order valence-electron chi connectivity index (χ4n) is 2.39. The Morgan fingerprint density at radius 2 is 2.00 bits per heavy atom. The molecule has 0 aliphatic heterocycles. The molecule has 1 aliphatic rings. The second-order valence-corrected chi connectivity index (χ2v) is 5.61. The average molecular weight is 238 g/mol. The Bertz CT molecular complexity index is 367. The lowest BCUT2D eigenvalue weighted by Crippen LogP contribution is -2.38. The van der Waals surface area contributed by atoms with E-state index in [2.05, 4.69) is 30.4 Å². The third-order valence-corrected chi connectivity index (χ3v) is 4.07. The van der Waals surface area contributed by atoms with Gasteiger partial charge in [-0.15, -0.1) is 0 Å². The number of hydrogen-bond acceptors (Lipinski definition) is 1. The summed E-state index contributed by atoms with van der Waals surface area (Å²) in [7, 11) is 0. The summed E-state index contributed by atoms with van der Waals surface area (Å²) in [6.07, 6.45) is 5.31. The van der Waals surface area contributed by atoms with E-state index >= 15 is 0 Å². The third-order valence-electron chi connectivity index (χ3n) is 3.66. The van der Waals surface area contributed by atoms with Crippen LogP contribution in [0, 0.1) is 6.92 Å². The standard InChI is InChI=1S/C14H20ClN/c1-11-5-6-12(9-13(11)15)10-16-14(2)7-3-4-8-14/h5-6,9,16H,3-4,7-8,10H2,1-2H3. The fourth-order valence-corrected chi connectivity index (χ4v) is 2.60. The van der Waals surface area contributed by atoms with Gasteiger partial charge in [-0.3, -0.25) is 0 Å². The molecule has 1 fully saturated rings. The van der Waals surface area contributed by atoms with Crippen molar-refractivity contribution < 1.29 is 0 Å². The van der Waals surface area contributed by atoms with Crippen LogP contribution >= 0.6 is 11.6 Å². The van der Waals surface area contributed by atoms with Crippen LogP contribution in [0.2, 0.25) is 5.02 Å². The summed E-state index contributed by atoms with van der Waals surface area (Å²) in [6, 6.07) is 6.32. The molecule has 0 amide bonds. The lowest BCUT2D eigenvalue weighted by Gasteiger charge is -2.25. The van der Waals surface area contributed by atoms with Gasteiger partial charge in [0.2, 0.25) is 0 Å². The van der Waals surface area contributed by atoms with Crippen molar-refractivity contribution in [1.29, 1.82) is 0 Å². The fraction of sp³-hybridized carbons (Fsp3) is 0.571. The van der Waals surface area contributed by atoms with Gasteiger partial charge in [-0.25, -0.2) is 0 Å². The summed E-state index contributed by atoms with van der Waals surface area (Å²) >= 11 is 6.12. The first-order valence-electron chi connectivity index (χ1n) is 6.09. The van der Waals surface area contributed by atoms with Crippen LogP contribution in [-0.2, 0) is 6.54 Å².